The number of carbonyl (C=O) groups is 1. The van der Waals surface area contributed by atoms with E-state index in [4.69, 9.17) is 4.52 Å². The molecule has 0 aromatic carbocycles. The first-order valence-corrected chi connectivity index (χ1v) is 12.7. The normalized spacial score (nSPS) is 19.6. The number of sulfonamides is 1. The molecule has 2 aliphatic rings. The molecule has 1 aliphatic carbocycles. The SMILES string of the molecule is CC(C)(C)NC(=O)C1CCN(S(=O)(=O)c2cc(-c3noc(C4CCC4)n3)cs2)CC1. The van der Waals surface area contributed by atoms with Crippen LogP contribution in [0.4, 0.5) is 0 Å². The molecule has 4 rings (SSSR count). The van der Waals surface area contributed by atoms with Gasteiger partial charge in [0.25, 0.3) is 10.0 Å². The Balaban J connectivity index is 1.41. The van der Waals surface area contributed by atoms with Crippen LogP contribution in [0.5, 0.6) is 0 Å². The summed E-state index contributed by atoms with van der Waals surface area (Å²) in [5, 5.41) is 8.77. The van der Waals surface area contributed by atoms with E-state index in [9.17, 15) is 13.2 Å². The van der Waals surface area contributed by atoms with Gasteiger partial charge in [0.2, 0.25) is 17.6 Å². The van der Waals surface area contributed by atoms with Crippen molar-refractivity contribution >= 4 is 27.3 Å². The number of nitrogens with zero attached hydrogens (tertiary/aromatic N) is 3. The highest BCUT2D eigenvalue weighted by molar-refractivity contribution is 7.91. The molecule has 2 aromatic rings. The summed E-state index contributed by atoms with van der Waals surface area (Å²) < 4.78 is 33.2. The summed E-state index contributed by atoms with van der Waals surface area (Å²) in [6.07, 6.45) is 4.35. The van der Waals surface area contributed by atoms with Crippen LogP contribution in [0.15, 0.2) is 20.2 Å². The van der Waals surface area contributed by atoms with E-state index in [1.807, 2.05) is 20.8 Å². The monoisotopic (exact) mass is 452 g/mol. The predicted octanol–water partition coefficient (Wildman–Crippen LogP) is 3.38. The molecule has 164 valence electrons. The minimum atomic E-state index is -3.60. The molecule has 0 atom stereocenters. The van der Waals surface area contributed by atoms with Gasteiger partial charge in [-0.15, -0.1) is 11.3 Å². The quantitative estimate of drug-likeness (QED) is 0.746. The summed E-state index contributed by atoms with van der Waals surface area (Å²) in [7, 11) is -3.60. The zero-order chi connectivity index (χ0) is 21.5. The van der Waals surface area contributed by atoms with E-state index in [0.717, 1.165) is 12.8 Å². The van der Waals surface area contributed by atoms with Crippen molar-refractivity contribution in [2.24, 2.45) is 5.92 Å². The maximum Gasteiger partial charge on any atom is 0.252 e. The fraction of sp³-hybridized carbons (Fsp3) is 0.650. The van der Waals surface area contributed by atoms with Crippen LogP contribution in [-0.2, 0) is 14.8 Å². The summed E-state index contributed by atoms with van der Waals surface area (Å²) in [6.45, 7) is 6.50. The van der Waals surface area contributed by atoms with Gasteiger partial charge in [-0.1, -0.05) is 11.6 Å². The first-order chi connectivity index (χ1) is 14.1. The van der Waals surface area contributed by atoms with Crippen LogP contribution in [0.25, 0.3) is 11.4 Å². The molecule has 2 fully saturated rings. The summed E-state index contributed by atoms with van der Waals surface area (Å²) in [4.78, 5) is 16.8. The fourth-order valence-electron chi connectivity index (χ4n) is 3.70. The maximum atomic E-state index is 13.1. The minimum Gasteiger partial charge on any atom is -0.351 e. The first kappa shape index (κ1) is 21.5. The van der Waals surface area contributed by atoms with Gasteiger partial charge < -0.3 is 9.84 Å². The smallest absolute Gasteiger partial charge is 0.252 e. The zero-order valence-electron chi connectivity index (χ0n) is 17.6. The maximum absolute atomic E-state index is 13.1. The highest BCUT2D eigenvalue weighted by Gasteiger charge is 2.34. The first-order valence-electron chi connectivity index (χ1n) is 10.4. The van der Waals surface area contributed by atoms with Crippen LogP contribution < -0.4 is 5.32 Å². The molecule has 10 heteroatoms. The van der Waals surface area contributed by atoms with Crippen LogP contribution in [0.3, 0.4) is 0 Å². The largest absolute Gasteiger partial charge is 0.351 e. The molecule has 1 saturated heterocycles. The van der Waals surface area contributed by atoms with Crippen molar-refractivity contribution in [3.63, 3.8) is 0 Å². The van der Waals surface area contributed by atoms with Crippen molar-refractivity contribution < 1.29 is 17.7 Å². The Kier molecular flexibility index (Phi) is 5.75. The molecule has 0 spiro atoms. The molecule has 0 unspecified atom stereocenters. The van der Waals surface area contributed by atoms with Crippen LogP contribution in [0.1, 0.15) is 64.7 Å². The lowest BCUT2D eigenvalue weighted by molar-refractivity contribution is -0.127. The fourth-order valence-corrected chi connectivity index (χ4v) is 6.48. The number of hydrogen-bond acceptors (Lipinski definition) is 7. The molecule has 1 saturated carbocycles. The second-order valence-electron chi connectivity index (χ2n) is 9.16. The Morgan fingerprint density at radius 2 is 1.93 bits per heavy atom. The summed E-state index contributed by atoms with van der Waals surface area (Å²) >= 11 is 1.17. The van der Waals surface area contributed by atoms with E-state index in [1.54, 1.807) is 11.4 Å². The zero-order valence-corrected chi connectivity index (χ0v) is 19.2. The van der Waals surface area contributed by atoms with Gasteiger partial charge in [0.05, 0.1) is 0 Å². The van der Waals surface area contributed by atoms with Gasteiger partial charge in [-0.2, -0.15) is 9.29 Å². The number of piperidine rings is 1. The second-order valence-corrected chi connectivity index (χ2v) is 12.2. The van der Waals surface area contributed by atoms with Gasteiger partial charge in [-0.25, -0.2) is 8.42 Å². The molecule has 1 aliphatic heterocycles. The number of carbonyl (C=O) groups excluding carboxylic acids is 1. The Bertz CT molecular complexity index is 1010. The van der Waals surface area contributed by atoms with Gasteiger partial charge in [0, 0.05) is 41.4 Å². The lowest BCUT2D eigenvalue weighted by atomic mass is 9.85. The van der Waals surface area contributed by atoms with Gasteiger partial charge in [-0.3, -0.25) is 4.79 Å². The molecule has 1 N–H and O–H groups in total. The lowest BCUT2D eigenvalue weighted by Crippen LogP contribution is -2.47. The number of nitrogens with one attached hydrogen (secondary N) is 1. The molecule has 8 nitrogen and oxygen atoms in total. The summed E-state index contributed by atoms with van der Waals surface area (Å²) in [6, 6.07) is 1.62. The number of hydrogen-bond donors (Lipinski definition) is 1. The summed E-state index contributed by atoms with van der Waals surface area (Å²) in [5.41, 5.74) is 0.369. The Morgan fingerprint density at radius 3 is 2.53 bits per heavy atom. The van der Waals surface area contributed by atoms with Gasteiger partial charge >= 0.3 is 0 Å². The van der Waals surface area contributed by atoms with Crippen molar-refractivity contribution in [1.82, 2.24) is 19.8 Å². The molecular weight excluding hydrogens is 424 g/mol. The number of amides is 1. The van der Waals surface area contributed by atoms with E-state index in [-0.39, 0.29) is 21.6 Å². The highest BCUT2D eigenvalue weighted by atomic mass is 32.2. The van der Waals surface area contributed by atoms with Crippen LogP contribution in [-0.4, -0.2) is 47.4 Å². The third kappa shape index (κ3) is 4.45. The van der Waals surface area contributed by atoms with E-state index in [0.29, 0.717) is 49.1 Å². The van der Waals surface area contributed by atoms with Crippen molar-refractivity contribution in [3.05, 3.63) is 17.3 Å². The van der Waals surface area contributed by atoms with Gasteiger partial charge in [-0.05, 0) is 52.5 Å². The van der Waals surface area contributed by atoms with Crippen molar-refractivity contribution in [1.29, 1.82) is 0 Å². The molecule has 0 radical (unpaired) electrons. The third-order valence-electron chi connectivity index (χ3n) is 5.65. The van der Waals surface area contributed by atoms with Crippen LogP contribution >= 0.6 is 11.3 Å². The number of aromatic nitrogens is 2. The molecule has 1 amide bonds. The van der Waals surface area contributed by atoms with Crippen LogP contribution in [0.2, 0.25) is 0 Å². The molecular formula is C20H28N4O4S2. The Labute approximate surface area is 181 Å². The summed E-state index contributed by atoms with van der Waals surface area (Å²) in [5.74, 6) is 1.26. The average Bonchev–Trinajstić information content (AvgIpc) is 3.28. The Morgan fingerprint density at radius 1 is 1.23 bits per heavy atom. The second kappa shape index (κ2) is 8.05. The minimum absolute atomic E-state index is 0.00247. The molecule has 0 bridgehead atoms. The predicted molar refractivity (Wildman–Crippen MR) is 114 cm³/mol. The van der Waals surface area contributed by atoms with E-state index in [2.05, 4.69) is 15.5 Å². The number of thiophene rings is 1. The topological polar surface area (TPSA) is 105 Å². The third-order valence-corrected chi connectivity index (χ3v) is 8.96. The molecule has 3 heterocycles. The van der Waals surface area contributed by atoms with Crippen molar-refractivity contribution in [3.8, 4) is 11.4 Å². The van der Waals surface area contributed by atoms with E-state index >= 15 is 0 Å². The van der Waals surface area contributed by atoms with Gasteiger partial charge in [0.15, 0.2) is 0 Å². The molecule has 2 aromatic heterocycles. The lowest BCUT2D eigenvalue weighted by Gasteiger charge is -2.32. The van der Waals surface area contributed by atoms with E-state index in [1.165, 1.54) is 22.1 Å². The number of rotatable bonds is 5. The Hall–Kier alpha value is -1.78. The van der Waals surface area contributed by atoms with E-state index < -0.39 is 10.0 Å². The van der Waals surface area contributed by atoms with Gasteiger partial charge in [0.1, 0.15) is 4.21 Å². The highest BCUT2D eigenvalue weighted by Crippen LogP contribution is 2.37. The average molecular weight is 453 g/mol. The van der Waals surface area contributed by atoms with Crippen molar-refractivity contribution in [2.75, 3.05) is 13.1 Å². The van der Waals surface area contributed by atoms with Crippen molar-refractivity contribution in [2.45, 2.75) is 68.5 Å². The standard InChI is InChI=1S/C20H28N4O4S2/c1-20(2,3)22-18(25)13-7-9-24(10-8-13)30(26,27)16-11-15(12-29-16)17-21-19(28-23-17)14-5-4-6-14/h11-14H,4-10H2,1-3H3,(H,22,25). The molecule has 30 heavy (non-hydrogen) atoms. The van der Waals surface area contributed by atoms with Crippen LogP contribution in [0, 0.1) is 5.92 Å².